The second-order valence-electron chi connectivity index (χ2n) is 3.92. The number of hydrogen-bond donors (Lipinski definition) is 0. The van der Waals surface area contributed by atoms with Crippen LogP contribution in [-0.2, 0) is 4.74 Å². The van der Waals surface area contributed by atoms with Gasteiger partial charge in [-0.3, -0.25) is 0 Å². The van der Waals surface area contributed by atoms with Crippen LogP contribution in [0.25, 0.3) is 0 Å². The van der Waals surface area contributed by atoms with Crippen LogP contribution in [-0.4, -0.2) is 29.3 Å². The molecule has 2 heterocycles. The summed E-state index contributed by atoms with van der Waals surface area (Å²) in [5.41, 5.74) is 0.804. The van der Waals surface area contributed by atoms with E-state index in [0.29, 0.717) is 16.9 Å². The van der Waals surface area contributed by atoms with Crippen molar-refractivity contribution >= 4 is 11.6 Å². The van der Waals surface area contributed by atoms with E-state index in [1.165, 1.54) is 0 Å². The van der Waals surface area contributed by atoms with E-state index in [4.69, 9.17) is 21.1 Å². The summed E-state index contributed by atoms with van der Waals surface area (Å²) in [4.78, 5) is 8.35. The summed E-state index contributed by atoms with van der Waals surface area (Å²) in [6.07, 6.45) is 1.98. The lowest BCUT2D eigenvalue weighted by Gasteiger charge is -2.23. The Labute approximate surface area is 99.9 Å². The highest BCUT2D eigenvalue weighted by Gasteiger charge is 2.18. The topological polar surface area (TPSA) is 44.2 Å². The summed E-state index contributed by atoms with van der Waals surface area (Å²) in [6, 6.07) is 0. The molecule has 0 unspecified atom stereocenters. The number of rotatable bonds is 2. The summed E-state index contributed by atoms with van der Waals surface area (Å²) in [5.74, 6) is 1.24. The zero-order chi connectivity index (χ0) is 11.5. The predicted molar refractivity (Wildman–Crippen MR) is 61.0 cm³/mol. The lowest BCUT2D eigenvalue weighted by molar-refractivity contribution is 0.0233. The molecule has 16 heavy (non-hydrogen) atoms. The van der Waals surface area contributed by atoms with Crippen molar-refractivity contribution in [3.05, 3.63) is 16.5 Å². The van der Waals surface area contributed by atoms with Crippen LogP contribution >= 0.6 is 11.6 Å². The summed E-state index contributed by atoms with van der Waals surface area (Å²) in [7, 11) is 0. The summed E-state index contributed by atoms with van der Waals surface area (Å²) in [5, 5.41) is 0.467. The predicted octanol–water partition coefficient (Wildman–Crippen LogP) is 2.30. The lowest BCUT2D eigenvalue weighted by Crippen LogP contribution is -2.26. The van der Waals surface area contributed by atoms with Crippen molar-refractivity contribution < 1.29 is 9.47 Å². The van der Waals surface area contributed by atoms with Gasteiger partial charge in [-0.2, -0.15) is 4.98 Å². The highest BCUT2D eigenvalue weighted by atomic mass is 35.5. The second-order valence-corrected chi connectivity index (χ2v) is 4.28. The van der Waals surface area contributed by atoms with Crippen molar-refractivity contribution in [2.75, 3.05) is 13.2 Å². The standard InChI is InChI=1S/C11H15ClN2O2/c1-7-10(12)13-8(2)14-11(7)16-9-3-5-15-6-4-9/h9H,3-6H2,1-2H3. The summed E-state index contributed by atoms with van der Waals surface area (Å²) >= 11 is 5.98. The highest BCUT2D eigenvalue weighted by molar-refractivity contribution is 6.30. The lowest BCUT2D eigenvalue weighted by atomic mass is 10.1. The van der Waals surface area contributed by atoms with Gasteiger partial charge in [-0.05, 0) is 13.8 Å². The van der Waals surface area contributed by atoms with Crippen molar-refractivity contribution in [3.63, 3.8) is 0 Å². The largest absolute Gasteiger partial charge is 0.474 e. The first-order valence-corrected chi connectivity index (χ1v) is 5.80. The number of aromatic nitrogens is 2. The molecule has 1 aliphatic rings. The van der Waals surface area contributed by atoms with E-state index in [2.05, 4.69) is 9.97 Å². The van der Waals surface area contributed by atoms with Crippen LogP contribution < -0.4 is 4.74 Å². The Morgan fingerprint density at radius 1 is 1.25 bits per heavy atom. The van der Waals surface area contributed by atoms with E-state index >= 15 is 0 Å². The first kappa shape index (κ1) is 11.6. The number of ether oxygens (including phenoxy) is 2. The average Bonchev–Trinajstić information content (AvgIpc) is 2.27. The van der Waals surface area contributed by atoms with Crippen LogP contribution in [0.15, 0.2) is 0 Å². The molecule has 1 aromatic heterocycles. The summed E-state index contributed by atoms with van der Waals surface area (Å²) < 4.78 is 11.1. The van der Waals surface area contributed by atoms with Crippen LogP contribution in [0.4, 0.5) is 0 Å². The second kappa shape index (κ2) is 4.97. The molecular weight excluding hydrogens is 228 g/mol. The first-order chi connectivity index (χ1) is 7.66. The molecule has 0 amide bonds. The minimum absolute atomic E-state index is 0.179. The molecule has 0 N–H and O–H groups in total. The fourth-order valence-electron chi connectivity index (χ4n) is 1.64. The van der Waals surface area contributed by atoms with E-state index in [1.807, 2.05) is 13.8 Å². The minimum atomic E-state index is 0.179. The molecule has 0 atom stereocenters. The molecular formula is C11H15ClN2O2. The number of aryl methyl sites for hydroxylation is 1. The van der Waals surface area contributed by atoms with Gasteiger partial charge in [-0.15, -0.1) is 0 Å². The van der Waals surface area contributed by atoms with Crippen LogP contribution in [0.3, 0.4) is 0 Å². The van der Waals surface area contributed by atoms with Crippen LogP contribution in [0.2, 0.25) is 5.15 Å². The van der Waals surface area contributed by atoms with Gasteiger partial charge in [0.05, 0.1) is 13.2 Å². The molecule has 0 aromatic carbocycles. The van der Waals surface area contributed by atoms with Gasteiger partial charge in [0.1, 0.15) is 17.1 Å². The highest BCUT2D eigenvalue weighted by Crippen LogP contribution is 2.24. The van der Waals surface area contributed by atoms with E-state index in [9.17, 15) is 0 Å². The van der Waals surface area contributed by atoms with Crippen LogP contribution in [0.5, 0.6) is 5.88 Å². The van der Waals surface area contributed by atoms with Gasteiger partial charge in [-0.25, -0.2) is 4.98 Å². The quantitative estimate of drug-likeness (QED) is 0.747. The Balaban J connectivity index is 2.13. The third-order valence-electron chi connectivity index (χ3n) is 2.60. The van der Waals surface area contributed by atoms with Crippen molar-refractivity contribution in [1.29, 1.82) is 0 Å². The molecule has 0 radical (unpaired) electrons. The Kier molecular flexibility index (Phi) is 3.61. The SMILES string of the molecule is Cc1nc(Cl)c(C)c(OC2CCOCC2)n1. The number of nitrogens with zero attached hydrogens (tertiary/aromatic N) is 2. The van der Waals surface area contributed by atoms with Crippen LogP contribution in [0.1, 0.15) is 24.2 Å². The Morgan fingerprint density at radius 2 is 1.94 bits per heavy atom. The van der Waals surface area contributed by atoms with Crippen molar-refractivity contribution in [2.45, 2.75) is 32.8 Å². The van der Waals surface area contributed by atoms with Gasteiger partial charge in [-0.1, -0.05) is 11.6 Å². The van der Waals surface area contributed by atoms with Crippen molar-refractivity contribution in [2.24, 2.45) is 0 Å². The molecule has 0 saturated carbocycles. The van der Waals surface area contributed by atoms with E-state index in [0.717, 1.165) is 31.6 Å². The van der Waals surface area contributed by atoms with E-state index in [1.54, 1.807) is 0 Å². The molecule has 1 aliphatic heterocycles. The maximum Gasteiger partial charge on any atom is 0.221 e. The maximum atomic E-state index is 5.98. The Hall–Kier alpha value is -0.870. The van der Waals surface area contributed by atoms with Gasteiger partial charge in [0.2, 0.25) is 5.88 Å². The monoisotopic (exact) mass is 242 g/mol. The molecule has 0 aliphatic carbocycles. The fraction of sp³-hybridized carbons (Fsp3) is 0.636. The number of halogens is 1. The fourth-order valence-corrected chi connectivity index (χ4v) is 1.84. The molecule has 1 fully saturated rings. The van der Waals surface area contributed by atoms with Gasteiger partial charge in [0, 0.05) is 18.4 Å². The minimum Gasteiger partial charge on any atom is -0.474 e. The molecule has 2 rings (SSSR count). The zero-order valence-corrected chi connectivity index (χ0v) is 10.3. The average molecular weight is 243 g/mol. The van der Waals surface area contributed by atoms with E-state index in [-0.39, 0.29) is 6.10 Å². The summed E-state index contributed by atoms with van der Waals surface area (Å²) in [6.45, 7) is 5.18. The molecule has 4 nitrogen and oxygen atoms in total. The van der Waals surface area contributed by atoms with Gasteiger partial charge < -0.3 is 9.47 Å². The molecule has 88 valence electrons. The zero-order valence-electron chi connectivity index (χ0n) is 9.49. The van der Waals surface area contributed by atoms with Gasteiger partial charge in [0.25, 0.3) is 0 Å². The van der Waals surface area contributed by atoms with Gasteiger partial charge >= 0.3 is 0 Å². The first-order valence-electron chi connectivity index (χ1n) is 5.42. The third-order valence-corrected chi connectivity index (χ3v) is 2.97. The number of hydrogen-bond acceptors (Lipinski definition) is 4. The molecule has 1 aromatic rings. The van der Waals surface area contributed by atoms with Crippen molar-refractivity contribution in [3.8, 4) is 5.88 Å². The van der Waals surface area contributed by atoms with Gasteiger partial charge in [0.15, 0.2) is 0 Å². The Bertz CT molecular complexity index is 378. The smallest absolute Gasteiger partial charge is 0.221 e. The normalized spacial score (nSPS) is 17.4. The van der Waals surface area contributed by atoms with Crippen LogP contribution in [0, 0.1) is 13.8 Å². The Morgan fingerprint density at radius 3 is 2.62 bits per heavy atom. The molecule has 5 heteroatoms. The van der Waals surface area contributed by atoms with Crippen molar-refractivity contribution in [1.82, 2.24) is 9.97 Å². The maximum absolute atomic E-state index is 5.98. The van der Waals surface area contributed by atoms with E-state index < -0.39 is 0 Å². The molecule has 0 spiro atoms. The molecule has 1 saturated heterocycles. The third kappa shape index (κ3) is 2.62. The molecule has 0 bridgehead atoms.